The average molecular weight is 276 g/mol. The molecular formula is C14H16N2O4. The fourth-order valence-corrected chi connectivity index (χ4v) is 1.96. The number of aliphatic carboxylic acids is 1. The van der Waals surface area contributed by atoms with Gasteiger partial charge in [0, 0.05) is 23.6 Å². The zero-order chi connectivity index (χ0) is 14.4. The van der Waals surface area contributed by atoms with Crippen LogP contribution in [-0.4, -0.2) is 41.7 Å². The van der Waals surface area contributed by atoms with E-state index >= 15 is 0 Å². The average Bonchev–Trinajstić information content (AvgIpc) is 2.82. The summed E-state index contributed by atoms with van der Waals surface area (Å²) in [5.74, 6) is -1.40. The summed E-state index contributed by atoms with van der Waals surface area (Å²) in [4.78, 5) is 24.8. The molecule has 0 spiro atoms. The first-order valence-corrected chi connectivity index (χ1v) is 6.28. The molecule has 0 fully saturated rings. The van der Waals surface area contributed by atoms with E-state index in [-0.39, 0.29) is 12.5 Å². The highest BCUT2D eigenvalue weighted by atomic mass is 16.5. The largest absolute Gasteiger partial charge is 0.480 e. The Morgan fingerprint density at radius 1 is 1.25 bits per heavy atom. The number of nitrogens with one attached hydrogen (secondary N) is 2. The van der Waals surface area contributed by atoms with Crippen LogP contribution in [0.1, 0.15) is 5.56 Å². The normalized spacial score (nSPS) is 10.6. The molecule has 1 amide bonds. The second kappa shape index (κ2) is 6.72. The first-order chi connectivity index (χ1) is 9.66. The molecule has 106 valence electrons. The molecule has 3 N–H and O–H groups in total. The Morgan fingerprint density at radius 2 is 2.05 bits per heavy atom. The Bertz CT molecular complexity index is 606. The van der Waals surface area contributed by atoms with E-state index in [1.165, 1.54) is 0 Å². The third-order valence-electron chi connectivity index (χ3n) is 2.85. The van der Waals surface area contributed by atoms with Crippen molar-refractivity contribution >= 4 is 22.8 Å². The van der Waals surface area contributed by atoms with E-state index in [0.29, 0.717) is 13.0 Å². The minimum atomic E-state index is -1.09. The Hall–Kier alpha value is -2.34. The number of para-hydroxylation sites is 1. The summed E-state index contributed by atoms with van der Waals surface area (Å²) in [6, 6.07) is 7.96. The topological polar surface area (TPSA) is 91.4 Å². The maximum Gasteiger partial charge on any atom is 0.329 e. The van der Waals surface area contributed by atoms with Gasteiger partial charge < -0.3 is 20.1 Å². The molecule has 0 aliphatic rings. The third-order valence-corrected chi connectivity index (χ3v) is 2.85. The Labute approximate surface area is 115 Å². The Kier molecular flexibility index (Phi) is 4.73. The van der Waals surface area contributed by atoms with E-state index in [2.05, 4.69) is 10.3 Å². The first kappa shape index (κ1) is 14.1. The van der Waals surface area contributed by atoms with E-state index in [1.807, 2.05) is 30.5 Å². The van der Waals surface area contributed by atoms with Gasteiger partial charge >= 0.3 is 5.97 Å². The van der Waals surface area contributed by atoms with Gasteiger partial charge in [0.05, 0.1) is 0 Å². The minimum absolute atomic E-state index is 0.236. The molecule has 0 aliphatic heterocycles. The van der Waals surface area contributed by atoms with Crippen molar-refractivity contribution in [3.63, 3.8) is 0 Å². The van der Waals surface area contributed by atoms with Gasteiger partial charge in [0.15, 0.2) is 0 Å². The van der Waals surface area contributed by atoms with E-state index < -0.39 is 12.6 Å². The van der Waals surface area contributed by atoms with Crippen LogP contribution in [0.4, 0.5) is 0 Å². The highest BCUT2D eigenvalue weighted by Crippen LogP contribution is 2.17. The van der Waals surface area contributed by atoms with Crippen LogP contribution in [0.15, 0.2) is 30.5 Å². The number of rotatable bonds is 7. The zero-order valence-corrected chi connectivity index (χ0v) is 10.9. The van der Waals surface area contributed by atoms with Crippen molar-refractivity contribution in [3.8, 4) is 0 Å². The first-order valence-electron chi connectivity index (χ1n) is 6.28. The minimum Gasteiger partial charge on any atom is -0.480 e. The molecule has 1 aromatic carbocycles. The summed E-state index contributed by atoms with van der Waals surface area (Å²) in [5.41, 5.74) is 2.20. The third kappa shape index (κ3) is 3.83. The lowest BCUT2D eigenvalue weighted by atomic mass is 10.1. The zero-order valence-electron chi connectivity index (χ0n) is 10.9. The van der Waals surface area contributed by atoms with E-state index in [9.17, 15) is 9.59 Å². The molecule has 6 heteroatoms. The number of ether oxygens (including phenoxy) is 1. The van der Waals surface area contributed by atoms with Crippen molar-refractivity contribution in [3.05, 3.63) is 36.0 Å². The molecule has 2 rings (SSSR count). The quantitative estimate of drug-likeness (QED) is 0.701. The molecule has 0 radical (unpaired) electrons. The molecule has 0 aliphatic carbocycles. The summed E-state index contributed by atoms with van der Waals surface area (Å²) in [6.07, 6.45) is 2.63. The lowest BCUT2D eigenvalue weighted by molar-refractivity contribution is -0.143. The number of H-pyrrole nitrogens is 1. The number of aromatic amines is 1. The SMILES string of the molecule is O=C(O)COCC(=O)NCCc1c[nH]c2ccccc12. The van der Waals surface area contributed by atoms with Gasteiger partial charge in [0.2, 0.25) is 5.91 Å². The summed E-state index contributed by atoms with van der Waals surface area (Å²) in [5, 5.41) is 12.2. The molecule has 1 aromatic heterocycles. The van der Waals surface area contributed by atoms with Crippen LogP contribution in [0.25, 0.3) is 10.9 Å². The van der Waals surface area contributed by atoms with Crippen molar-refractivity contribution in [1.82, 2.24) is 10.3 Å². The second-order valence-electron chi connectivity index (χ2n) is 4.35. The summed E-state index contributed by atoms with van der Waals surface area (Å²) < 4.78 is 4.70. The van der Waals surface area contributed by atoms with Gasteiger partial charge in [-0.1, -0.05) is 18.2 Å². The number of carboxylic acid groups (broad SMARTS) is 1. The number of benzene rings is 1. The van der Waals surface area contributed by atoms with Crippen LogP contribution in [0.3, 0.4) is 0 Å². The highest BCUT2D eigenvalue weighted by molar-refractivity contribution is 5.83. The molecule has 0 bridgehead atoms. The summed E-state index contributed by atoms with van der Waals surface area (Å²) in [6.45, 7) is -0.215. The molecule has 0 unspecified atom stereocenters. The fraction of sp³-hybridized carbons (Fsp3) is 0.286. The maximum absolute atomic E-state index is 11.4. The molecule has 2 aromatic rings. The Morgan fingerprint density at radius 3 is 2.85 bits per heavy atom. The molecule has 20 heavy (non-hydrogen) atoms. The van der Waals surface area contributed by atoms with Crippen molar-refractivity contribution in [1.29, 1.82) is 0 Å². The molecule has 0 saturated heterocycles. The molecule has 0 atom stereocenters. The molecule has 0 saturated carbocycles. The van der Waals surface area contributed by atoms with Crippen molar-refractivity contribution < 1.29 is 19.4 Å². The highest BCUT2D eigenvalue weighted by Gasteiger charge is 2.05. The monoisotopic (exact) mass is 276 g/mol. The summed E-state index contributed by atoms with van der Waals surface area (Å²) >= 11 is 0. The predicted molar refractivity (Wildman–Crippen MR) is 73.5 cm³/mol. The predicted octanol–water partition coefficient (Wildman–Crippen LogP) is 0.928. The second-order valence-corrected chi connectivity index (χ2v) is 4.35. The fourth-order valence-electron chi connectivity index (χ4n) is 1.96. The van der Waals surface area contributed by atoms with Crippen molar-refractivity contribution in [2.45, 2.75) is 6.42 Å². The number of aromatic nitrogens is 1. The number of fused-ring (bicyclic) bond motifs is 1. The van der Waals surface area contributed by atoms with Crippen LogP contribution in [0.5, 0.6) is 0 Å². The lowest BCUT2D eigenvalue weighted by Crippen LogP contribution is -2.30. The number of carbonyl (C=O) groups is 2. The van der Waals surface area contributed by atoms with Crippen LogP contribution < -0.4 is 5.32 Å². The van der Waals surface area contributed by atoms with E-state index in [0.717, 1.165) is 16.5 Å². The molecule has 6 nitrogen and oxygen atoms in total. The summed E-state index contributed by atoms with van der Waals surface area (Å²) in [7, 11) is 0. The van der Waals surface area contributed by atoms with Gasteiger partial charge in [0.25, 0.3) is 0 Å². The van der Waals surface area contributed by atoms with Gasteiger partial charge in [0.1, 0.15) is 13.2 Å². The van der Waals surface area contributed by atoms with E-state index in [1.54, 1.807) is 0 Å². The van der Waals surface area contributed by atoms with Crippen molar-refractivity contribution in [2.24, 2.45) is 0 Å². The van der Waals surface area contributed by atoms with E-state index in [4.69, 9.17) is 9.84 Å². The van der Waals surface area contributed by atoms with Crippen molar-refractivity contribution in [2.75, 3.05) is 19.8 Å². The molecular weight excluding hydrogens is 260 g/mol. The lowest BCUT2D eigenvalue weighted by Gasteiger charge is -2.04. The maximum atomic E-state index is 11.4. The van der Waals surface area contributed by atoms with Gasteiger partial charge in [-0.05, 0) is 18.1 Å². The number of carboxylic acids is 1. The van der Waals surface area contributed by atoms with Crippen LogP contribution in [-0.2, 0) is 20.7 Å². The number of carbonyl (C=O) groups excluding carboxylic acids is 1. The van der Waals surface area contributed by atoms with Crippen LogP contribution in [0, 0.1) is 0 Å². The van der Waals surface area contributed by atoms with Gasteiger partial charge in [-0.15, -0.1) is 0 Å². The van der Waals surface area contributed by atoms with Gasteiger partial charge in [-0.2, -0.15) is 0 Å². The van der Waals surface area contributed by atoms with Gasteiger partial charge in [-0.25, -0.2) is 4.79 Å². The molecule has 1 heterocycles. The van der Waals surface area contributed by atoms with Crippen LogP contribution >= 0.6 is 0 Å². The standard InChI is InChI=1S/C14H16N2O4/c17-13(8-20-9-14(18)19)15-6-5-10-7-16-12-4-2-1-3-11(10)12/h1-4,7,16H,5-6,8-9H2,(H,15,17)(H,18,19). The Balaban J connectivity index is 1.75. The smallest absolute Gasteiger partial charge is 0.329 e. The number of hydrogen-bond acceptors (Lipinski definition) is 3. The number of amides is 1. The van der Waals surface area contributed by atoms with Crippen LogP contribution in [0.2, 0.25) is 0 Å². The van der Waals surface area contributed by atoms with Gasteiger partial charge in [-0.3, -0.25) is 4.79 Å². The number of hydrogen-bond donors (Lipinski definition) is 3.